The first-order chi connectivity index (χ1) is 9.78. The smallest absolute Gasteiger partial charge is 0.165 e. The molecule has 0 saturated heterocycles. The molecule has 0 unspecified atom stereocenters. The van der Waals surface area contributed by atoms with Crippen LogP contribution in [0.4, 0.5) is 5.82 Å². The van der Waals surface area contributed by atoms with Gasteiger partial charge in [0.05, 0.1) is 12.9 Å². The molecule has 2 fully saturated rings. The average molecular weight is 271 g/mol. The number of anilines is 1. The van der Waals surface area contributed by atoms with Crippen LogP contribution in [-0.2, 0) is 6.54 Å². The number of fused-ring (bicyclic) bond motifs is 1. The number of nitrogens with one attached hydrogen (secondary N) is 1. The molecular weight excluding hydrogens is 254 g/mol. The molecule has 0 radical (unpaired) electrons. The van der Waals surface area contributed by atoms with E-state index >= 15 is 0 Å². The monoisotopic (exact) mass is 271 g/mol. The molecule has 0 aliphatic heterocycles. The highest BCUT2D eigenvalue weighted by Crippen LogP contribution is 2.45. The molecule has 2 aromatic heterocycles. The van der Waals surface area contributed by atoms with E-state index in [4.69, 9.17) is 0 Å². The van der Waals surface area contributed by atoms with Gasteiger partial charge in [-0.2, -0.15) is 0 Å². The third-order valence-electron chi connectivity index (χ3n) is 4.24. The van der Waals surface area contributed by atoms with Gasteiger partial charge in [-0.3, -0.25) is 0 Å². The van der Waals surface area contributed by atoms with Gasteiger partial charge >= 0.3 is 0 Å². The van der Waals surface area contributed by atoms with Gasteiger partial charge in [0.25, 0.3) is 0 Å². The molecule has 2 saturated carbocycles. The van der Waals surface area contributed by atoms with Crippen molar-refractivity contribution in [1.82, 2.24) is 19.5 Å². The maximum absolute atomic E-state index is 9.22. The van der Waals surface area contributed by atoms with Gasteiger partial charge in [-0.25, -0.2) is 15.0 Å². The topological polar surface area (TPSA) is 75.9 Å². The van der Waals surface area contributed by atoms with Crippen LogP contribution in [0.15, 0.2) is 24.8 Å². The number of aromatic nitrogens is 4. The van der Waals surface area contributed by atoms with Crippen molar-refractivity contribution in [3.8, 4) is 0 Å². The van der Waals surface area contributed by atoms with Crippen molar-refractivity contribution in [3.63, 3.8) is 0 Å². The summed E-state index contributed by atoms with van der Waals surface area (Å²) in [4.78, 5) is 13.1. The Balaban J connectivity index is 1.62. The van der Waals surface area contributed by atoms with Crippen molar-refractivity contribution in [1.29, 1.82) is 0 Å². The van der Waals surface area contributed by atoms with E-state index in [9.17, 15) is 5.11 Å². The normalized spacial score (nSPS) is 25.1. The fraction of sp³-hybridized carbons (Fsp3) is 0.500. The molecule has 2 N–H and O–H groups in total. The molecule has 2 heterocycles. The van der Waals surface area contributed by atoms with Gasteiger partial charge in [0.15, 0.2) is 11.5 Å². The maximum Gasteiger partial charge on any atom is 0.165 e. The third-order valence-corrected chi connectivity index (χ3v) is 4.24. The number of rotatable bonds is 5. The van der Waals surface area contributed by atoms with Gasteiger partial charge in [0, 0.05) is 24.4 Å². The molecule has 0 amide bonds. The zero-order chi connectivity index (χ0) is 13.7. The second kappa shape index (κ2) is 4.28. The number of aliphatic hydroxyl groups excluding tert-OH is 1. The summed E-state index contributed by atoms with van der Waals surface area (Å²) < 4.78 is 2.03. The fourth-order valence-electron chi connectivity index (χ4n) is 2.69. The molecule has 2 aliphatic carbocycles. The summed E-state index contributed by atoms with van der Waals surface area (Å²) in [5, 5.41) is 12.6. The van der Waals surface area contributed by atoms with E-state index in [1.807, 2.05) is 4.57 Å². The van der Waals surface area contributed by atoms with Crippen LogP contribution in [0.2, 0.25) is 0 Å². The Morgan fingerprint density at radius 2 is 2.15 bits per heavy atom. The van der Waals surface area contributed by atoms with Crippen LogP contribution >= 0.6 is 0 Å². The first kappa shape index (κ1) is 11.8. The second-order valence-electron chi connectivity index (χ2n) is 5.68. The molecule has 104 valence electrons. The number of aliphatic hydroxyl groups is 1. The zero-order valence-corrected chi connectivity index (χ0v) is 11.2. The minimum Gasteiger partial charge on any atom is -0.396 e. The molecule has 6 heteroatoms. The highest BCUT2D eigenvalue weighted by Gasteiger charge is 2.41. The van der Waals surface area contributed by atoms with Crippen LogP contribution < -0.4 is 5.32 Å². The number of hydrogen-bond acceptors (Lipinski definition) is 5. The fourth-order valence-corrected chi connectivity index (χ4v) is 2.69. The van der Waals surface area contributed by atoms with E-state index in [1.54, 1.807) is 12.7 Å². The lowest BCUT2D eigenvalue weighted by atomic mass is 10.3. The quantitative estimate of drug-likeness (QED) is 0.799. The zero-order valence-electron chi connectivity index (χ0n) is 11.2. The molecular formula is C14H17N5O. The first-order valence-electron chi connectivity index (χ1n) is 7.00. The molecule has 4 rings (SSSR count). The average Bonchev–Trinajstić information content (AvgIpc) is 3.33. The molecule has 0 bridgehead atoms. The number of imidazole rings is 1. The SMILES string of the molecule is C=C1[C@@H](Cn2cnc3c(NC4CC4)ncnc32)[C@H]1CO. The molecule has 2 aromatic rings. The van der Waals surface area contributed by atoms with Crippen LogP contribution in [0, 0.1) is 11.8 Å². The van der Waals surface area contributed by atoms with Crippen molar-refractivity contribution in [2.24, 2.45) is 11.8 Å². The van der Waals surface area contributed by atoms with Crippen LogP contribution in [-0.4, -0.2) is 37.3 Å². The lowest BCUT2D eigenvalue weighted by Crippen LogP contribution is -2.05. The van der Waals surface area contributed by atoms with Crippen LogP contribution in [0.5, 0.6) is 0 Å². The summed E-state index contributed by atoms with van der Waals surface area (Å²) in [6.07, 6.45) is 5.78. The summed E-state index contributed by atoms with van der Waals surface area (Å²) in [7, 11) is 0. The summed E-state index contributed by atoms with van der Waals surface area (Å²) in [5.41, 5.74) is 2.80. The standard InChI is InChI=1S/C14H17N5O/c1-8-10(11(8)5-20)4-19-7-17-12-13(18-9-2-3-9)15-6-16-14(12)19/h6-7,9-11,20H,1-5H2,(H,15,16,18)/t10-,11+/m1/s1. The van der Waals surface area contributed by atoms with E-state index in [-0.39, 0.29) is 12.5 Å². The van der Waals surface area contributed by atoms with Gasteiger partial charge < -0.3 is 15.0 Å². The minimum absolute atomic E-state index is 0.180. The molecule has 0 spiro atoms. The third kappa shape index (κ3) is 1.87. The predicted octanol–water partition coefficient (Wildman–Crippen LogP) is 1.20. The van der Waals surface area contributed by atoms with Gasteiger partial charge in [0.2, 0.25) is 0 Å². The van der Waals surface area contributed by atoms with Crippen molar-refractivity contribution < 1.29 is 5.11 Å². The van der Waals surface area contributed by atoms with E-state index in [2.05, 4.69) is 26.8 Å². The van der Waals surface area contributed by atoms with Gasteiger partial charge in [-0.15, -0.1) is 0 Å². The Labute approximate surface area is 116 Å². The Kier molecular flexibility index (Phi) is 2.53. The summed E-state index contributed by atoms with van der Waals surface area (Å²) in [5.74, 6) is 1.40. The van der Waals surface area contributed by atoms with Crippen molar-refractivity contribution in [3.05, 3.63) is 24.8 Å². The van der Waals surface area contributed by atoms with Crippen molar-refractivity contribution >= 4 is 17.0 Å². The van der Waals surface area contributed by atoms with Crippen LogP contribution in [0.3, 0.4) is 0 Å². The summed E-state index contributed by atoms with van der Waals surface area (Å²) >= 11 is 0. The van der Waals surface area contributed by atoms with Gasteiger partial charge in [-0.1, -0.05) is 12.2 Å². The van der Waals surface area contributed by atoms with Crippen molar-refractivity contribution in [2.45, 2.75) is 25.4 Å². The number of hydrogen-bond donors (Lipinski definition) is 2. The Bertz CT molecular complexity index is 675. The number of nitrogens with zero attached hydrogens (tertiary/aromatic N) is 4. The molecule has 0 aromatic carbocycles. The maximum atomic E-state index is 9.22. The molecule has 20 heavy (non-hydrogen) atoms. The lowest BCUT2D eigenvalue weighted by molar-refractivity contribution is 0.269. The predicted molar refractivity (Wildman–Crippen MR) is 75.2 cm³/mol. The molecule has 6 nitrogen and oxygen atoms in total. The highest BCUT2D eigenvalue weighted by molar-refractivity contribution is 5.82. The lowest BCUT2D eigenvalue weighted by Gasteiger charge is -2.05. The van der Waals surface area contributed by atoms with Crippen molar-refractivity contribution in [2.75, 3.05) is 11.9 Å². The summed E-state index contributed by atoms with van der Waals surface area (Å²) in [6.45, 7) is 4.95. The van der Waals surface area contributed by atoms with Crippen LogP contribution in [0.1, 0.15) is 12.8 Å². The minimum atomic E-state index is 0.180. The Hall–Kier alpha value is -1.95. The van der Waals surface area contributed by atoms with E-state index < -0.39 is 0 Å². The molecule has 2 atom stereocenters. The van der Waals surface area contributed by atoms with Gasteiger partial charge in [0.1, 0.15) is 11.8 Å². The molecule has 2 aliphatic rings. The van der Waals surface area contributed by atoms with E-state index in [1.165, 1.54) is 12.8 Å². The van der Waals surface area contributed by atoms with E-state index in [0.717, 1.165) is 29.1 Å². The first-order valence-corrected chi connectivity index (χ1v) is 7.00. The summed E-state index contributed by atoms with van der Waals surface area (Å²) in [6, 6.07) is 0.542. The van der Waals surface area contributed by atoms with Gasteiger partial charge in [-0.05, 0) is 12.8 Å². The Morgan fingerprint density at radius 3 is 2.85 bits per heavy atom. The van der Waals surface area contributed by atoms with E-state index in [0.29, 0.717) is 12.0 Å². The highest BCUT2D eigenvalue weighted by atomic mass is 16.3. The van der Waals surface area contributed by atoms with Crippen LogP contribution in [0.25, 0.3) is 11.2 Å². The second-order valence-corrected chi connectivity index (χ2v) is 5.68. The largest absolute Gasteiger partial charge is 0.396 e. The Morgan fingerprint density at radius 1 is 1.30 bits per heavy atom.